The number of nitrogens with one attached hydrogen (secondary N) is 1. The summed E-state index contributed by atoms with van der Waals surface area (Å²) in [5, 5.41) is 2.94. The summed E-state index contributed by atoms with van der Waals surface area (Å²) < 4.78 is 12.8. The summed E-state index contributed by atoms with van der Waals surface area (Å²) in [6.07, 6.45) is 3.80. The van der Waals surface area contributed by atoms with E-state index in [1.54, 1.807) is 13.2 Å². The molecule has 1 amide bonds. The molecule has 2 atom stereocenters. The van der Waals surface area contributed by atoms with Crippen molar-refractivity contribution in [2.45, 2.75) is 25.2 Å². The number of hydrogen-bond donors (Lipinski definition) is 1. The molecule has 132 valence electrons. The van der Waals surface area contributed by atoms with Gasteiger partial charge in [0.15, 0.2) is 0 Å². The van der Waals surface area contributed by atoms with Crippen LogP contribution in [-0.2, 0) is 23.1 Å². The third kappa shape index (κ3) is 4.52. The van der Waals surface area contributed by atoms with Crippen molar-refractivity contribution in [3.05, 3.63) is 64.3 Å². The molecule has 0 aromatic carbocycles. The molecule has 0 bridgehead atoms. The van der Waals surface area contributed by atoms with E-state index in [9.17, 15) is 9.59 Å². The molecular weight excluding hydrogens is 322 g/mol. The van der Waals surface area contributed by atoms with Gasteiger partial charge in [0.05, 0.1) is 36.6 Å². The molecule has 0 radical (unpaired) electrons. The van der Waals surface area contributed by atoms with Gasteiger partial charge < -0.3 is 19.4 Å². The molecule has 0 saturated carbocycles. The van der Waals surface area contributed by atoms with Gasteiger partial charge in [0.1, 0.15) is 0 Å². The van der Waals surface area contributed by atoms with Crippen molar-refractivity contribution in [3.8, 4) is 0 Å². The predicted molar refractivity (Wildman–Crippen MR) is 91.2 cm³/mol. The van der Waals surface area contributed by atoms with Crippen molar-refractivity contribution in [1.82, 2.24) is 14.9 Å². The second-order valence-electron chi connectivity index (χ2n) is 5.98. The normalized spacial score (nSPS) is 20.2. The molecule has 25 heavy (non-hydrogen) atoms. The highest BCUT2D eigenvalue weighted by molar-refractivity contribution is 5.94. The Morgan fingerprint density at radius 1 is 1.40 bits per heavy atom. The Labute approximate surface area is 145 Å². The fourth-order valence-corrected chi connectivity index (χ4v) is 2.71. The molecular formula is C18H21N3O4. The summed E-state index contributed by atoms with van der Waals surface area (Å²) in [5.41, 5.74) is 1.11. The molecule has 3 rings (SSSR count). The monoisotopic (exact) mass is 343 g/mol. The highest BCUT2D eigenvalue weighted by Crippen LogP contribution is 2.14. The lowest BCUT2D eigenvalue weighted by Crippen LogP contribution is -2.50. The fraction of sp³-hybridized carbons (Fsp3) is 0.389. The van der Waals surface area contributed by atoms with Gasteiger partial charge in [0, 0.05) is 32.1 Å². The van der Waals surface area contributed by atoms with Gasteiger partial charge in [-0.15, -0.1) is 0 Å². The molecule has 1 N–H and O–H groups in total. The lowest BCUT2D eigenvalue weighted by molar-refractivity contribution is -0.0612. The zero-order chi connectivity index (χ0) is 17.6. The van der Waals surface area contributed by atoms with Crippen molar-refractivity contribution in [3.63, 3.8) is 0 Å². The summed E-state index contributed by atoms with van der Waals surface area (Å²) in [6, 6.07) is 8.31. The number of carbonyl (C=O) groups excluding carboxylic acids is 1. The largest absolute Gasteiger partial charge is 0.379 e. The van der Waals surface area contributed by atoms with Gasteiger partial charge in [-0.05, 0) is 24.6 Å². The Bertz CT molecular complexity index is 775. The van der Waals surface area contributed by atoms with E-state index in [4.69, 9.17) is 9.47 Å². The number of aromatic nitrogens is 2. The molecule has 2 aromatic rings. The van der Waals surface area contributed by atoms with Crippen LogP contribution in [0.3, 0.4) is 0 Å². The zero-order valence-electron chi connectivity index (χ0n) is 14.1. The van der Waals surface area contributed by atoms with Gasteiger partial charge in [-0.3, -0.25) is 14.6 Å². The molecule has 2 aromatic heterocycles. The van der Waals surface area contributed by atoms with E-state index < -0.39 is 0 Å². The average Bonchev–Trinajstić information content (AvgIpc) is 2.64. The van der Waals surface area contributed by atoms with Crippen LogP contribution in [-0.4, -0.2) is 40.8 Å². The van der Waals surface area contributed by atoms with Gasteiger partial charge in [-0.1, -0.05) is 6.07 Å². The molecule has 1 aliphatic rings. The predicted octanol–water partition coefficient (Wildman–Crippen LogP) is 0.884. The van der Waals surface area contributed by atoms with Crippen molar-refractivity contribution in [2.24, 2.45) is 7.05 Å². The van der Waals surface area contributed by atoms with Crippen molar-refractivity contribution < 1.29 is 14.3 Å². The number of pyridine rings is 2. The molecule has 1 saturated heterocycles. The Balaban J connectivity index is 1.63. The Morgan fingerprint density at radius 3 is 3.04 bits per heavy atom. The van der Waals surface area contributed by atoms with E-state index in [1.165, 1.54) is 22.9 Å². The van der Waals surface area contributed by atoms with Crippen LogP contribution in [0, 0.1) is 0 Å². The minimum Gasteiger partial charge on any atom is -0.379 e. The highest BCUT2D eigenvalue weighted by Gasteiger charge is 2.28. The average molecular weight is 343 g/mol. The molecule has 0 aliphatic carbocycles. The van der Waals surface area contributed by atoms with Crippen LogP contribution in [0.5, 0.6) is 0 Å². The van der Waals surface area contributed by atoms with Gasteiger partial charge in [0.2, 0.25) is 5.56 Å². The van der Waals surface area contributed by atoms with Crippen LogP contribution >= 0.6 is 0 Å². The van der Waals surface area contributed by atoms with Crippen molar-refractivity contribution in [2.75, 3.05) is 13.2 Å². The standard InChI is InChI=1S/C18H21N3O4/c1-21-10-13(5-6-17(21)22)18(23)20-15-12-24-9-7-16(15)25-11-14-4-2-3-8-19-14/h2-6,8,10,15-16H,7,9,11-12H2,1H3,(H,20,23)/t15-,16-/m1/s1. The lowest BCUT2D eigenvalue weighted by atomic mass is 10.1. The summed E-state index contributed by atoms with van der Waals surface area (Å²) in [7, 11) is 1.61. The van der Waals surface area contributed by atoms with Gasteiger partial charge in [-0.2, -0.15) is 0 Å². The zero-order valence-corrected chi connectivity index (χ0v) is 14.1. The third-order valence-corrected chi connectivity index (χ3v) is 4.13. The highest BCUT2D eigenvalue weighted by atomic mass is 16.5. The van der Waals surface area contributed by atoms with Crippen molar-refractivity contribution in [1.29, 1.82) is 0 Å². The first kappa shape index (κ1) is 17.3. The molecule has 3 heterocycles. The van der Waals surface area contributed by atoms with E-state index in [1.807, 2.05) is 18.2 Å². The van der Waals surface area contributed by atoms with E-state index in [0.717, 1.165) is 5.69 Å². The van der Waals surface area contributed by atoms with Crippen LogP contribution in [0.15, 0.2) is 47.5 Å². The van der Waals surface area contributed by atoms with Gasteiger partial charge in [0.25, 0.3) is 5.91 Å². The first-order valence-corrected chi connectivity index (χ1v) is 8.20. The Morgan fingerprint density at radius 2 is 2.28 bits per heavy atom. The SMILES string of the molecule is Cn1cc(C(=O)N[C@@H]2COCC[C@H]2OCc2ccccn2)ccc1=O. The molecule has 1 fully saturated rings. The van der Waals surface area contributed by atoms with E-state index in [2.05, 4.69) is 10.3 Å². The van der Waals surface area contributed by atoms with E-state index in [0.29, 0.717) is 31.8 Å². The summed E-state index contributed by atoms with van der Waals surface area (Å²) in [4.78, 5) is 28.1. The van der Waals surface area contributed by atoms with Crippen LogP contribution in [0.4, 0.5) is 0 Å². The quantitative estimate of drug-likeness (QED) is 0.872. The number of nitrogens with zero attached hydrogens (tertiary/aromatic N) is 2. The lowest BCUT2D eigenvalue weighted by Gasteiger charge is -2.32. The van der Waals surface area contributed by atoms with Crippen LogP contribution in [0.25, 0.3) is 0 Å². The summed E-state index contributed by atoms with van der Waals surface area (Å²) in [6.45, 7) is 1.38. The third-order valence-electron chi connectivity index (χ3n) is 4.13. The van der Waals surface area contributed by atoms with E-state index >= 15 is 0 Å². The minimum atomic E-state index is -0.252. The van der Waals surface area contributed by atoms with E-state index in [-0.39, 0.29) is 23.6 Å². The molecule has 7 nitrogen and oxygen atoms in total. The minimum absolute atomic E-state index is 0.146. The topological polar surface area (TPSA) is 82.5 Å². The smallest absolute Gasteiger partial charge is 0.253 e. The maximum atomic E-state index is 12.4. The second-order valence-corrected chi connectivity index (χ2v) is 5.98. The van der Waals surface area contributed by atoms with Crippen LogP contribution in [0.1, 0.15) is 22.5 Å². The first-order valence-electron chi connectivity index (χ1n) is 8.20. The summed E-state index contributed by atoms with van der Waals surface area (Å²) >= 11 is 0. The Kier molecular flexibility index (Phi) is 5.57. The maximum absolute atomic E-state index is 12.4. The number of carbonyl (C=O) groups is 1. The number of hydrogen-bond acceptors (Lipinski definition) is 5. The Hall–Kier alpha value is -2.51. The van der Waals surface area contributed by atoms with Crippen LogP contribution < -0.4 is 10.9 Å². The summed E-state index contributed by atoms with van der Waals surface area (Å²) in [5.74, 6) is -0.252. The first-order chi connectivity index (χ1) is 12.1. The second kappa shape index (κ2) is 8.04. The maximum Gasteiger partial charge on any atom is 0.253 e. The van der Waals surface area contributed by atoms with Crippen molar-refractivity contribution >= 4 is 5.91 Å². The number of aryl methyl sites for hydroxylation is 1. The fourth-order valence-electron chi connectivity index (χ4n) is 2.71. The molecule has 0 unspecified atom stereocenters. The van der Waals surface area contributed by atoms with Gasteiger partial charge >= 0.3 is 0 Å². The molecule has 7 heteroatoms. The molecule has 1 aliphatic heterocycles. The van der Waals surface area contributed by atoms with Crippen LogP contribution in [0.2, 0.25) is 0 Å². The molecule has 0 spiro atoms. The van der Waals surface area contributed by atoms with Gasteiger partial charge in [-0.25, -0.2) is 0 Å². The number of rotatable bonds is 5. The number of ether oxygens (including phenoxy) is 2. The number of amides is 1.